The van der Waals surface area contributed by atoms with E-state index < -0.39 is 0 Å². The first kappa shape index (κ1) is 12.7. The number of para-hydroxylation sites is 1. The van der Waals surface area contributed by atoms with Gasteiger partial charge in [0, 0.05) is 18.7 Å². The SMILES string of the molecule is O=C1CCc2ccccc2N1CCC1CCNCC1. The summed E-state index contributed by atoms with van der Waals surface area (Å²) in [6.07, 6.45) is 5.22. The Bertz CT molecular complexity index is 452. The van der Waals surface area contributed by atoms with E-state index in [1.54, 1.807) is 0 Å². The van der Waals surface area contributed by atoms with E-state index in [0.717, 1.165) is 44.1 Å². The third-order valence-corrected chi connectivity index (χ3v) is 4.41. The highest BCUT2D eigenvalue weighted by Crippen LogP contribution is 2.28. The van der Waals surface area contributed by atoms with Gasteiger partial charge in [-0.2, -0.15) is 0 Å². The molecule has 3 nitrogen and oxygen atoms in total. The van der Waals surface area contributed by atoms with Crippen LogP contribution in [0, 0.1) is 5.92 Å². The number of carbonyl (C=O) groups is 1. The van der Waals surface area contributed by atoms with Crippen molar-refractivity contribution in [1.82, 2.24) is 5.32 Å². The zero-order valence-electron chi connectivity index (χ0n) is 11.4. The molecule has 0 atom stereocenters. The molecular weight excluding hydrogens is 236 g/mol. The lowest BCUT2D eigenvalue weighted by atomic mass is 9.93. The van der Waals surface area contributed by atoms with Crippen molar-refractivity contribution in [1.29, 1.82) is 0 Å². The summed E-state index contributed by atoms with van der Waals surface area (Å²) in [5, 5.41) is 3.40. The first-order valence-corrected chi connectivity index (χ1v) is 7.43. The molecule has 0 aromatic heterocycles. The summed E-state index contributed by atoms with van der Waals surface area (Å²) in [5.41, 5.74) is 2.47. The number of hydrogen-bond acceptors (Lipinski definition) is 2. The monoisotopic (exact) mass is 258 g/mol. The highest BCUT2D eigenvalue weighted by molar-refractivity contribution is 5.96. The molecule has 0 radical (unpaired) electrons. The molecule has 1 aromatic carbocycles. The maximum Gasteiger partial charge on any atom is 0.227 e. The number of rotatable bonds is 3. The summed E-state index contributed by atoms with van der Waals surface area (Å²) >= 11 is 0. The minimum Gasteiger partial charge on any atom is -0.317 e. The Morgan fingerprint density at radius 2 is 1.95 bits per heavy atom. The van der Waals surface area contributed by atoms with Gasteiger partial charge in [-0.3, -0.25) is 4.79 Å². The molecule has 0 spiro atoms. The summed E-state index contributed by atoms with van der Waals surface area (Å²) in [5.74, 6) is 1.08. The molecule has 1 fully saturated rings. The molecule has 0 aliphatic carbocycles. The van der Waals surface area contributed by atoms with Crippen molar-refractivity contribution in [3.05, 3.63) is 29.8 Å². The summed E-state index contributed by atoms with van der Waals surface area (Å²) in [4.78, 5) is 14.2. The third kappa shape index (κ3) is 2.81. The number of aryl methyl sites for hydroxylation is 1. The Morgan fingerprint density at radius 3 is 2.79 bits per heavy atom. The van der Waals surface area contributed by atoms with Gasteiger partial charge in [-0.05, 0) is 56.3 Å². The van der Waals surface area contributed by atoms with E-state index in [0.29, 0.717) is 12.3 Å². The summed E-state index contributed by atoms with van der Waals surface area (Å²) in [7, 11) is 0. The van der Waals surface area contributed by atoms with E-state index in [2.05, 4.69) is 23.5 Å². The van der Waals surface area contributed by atoms with E-state index in [1.165, 1.54) is 18.4 Å². The van der Waals surface area contributed by atoms with Gasteiger partial charge in [0.15, 0.2) is 0 Å². The number of benzene rings is 1. The van der Waals surface area contributed by atoms with Crippen LogP contribution in [-0.2, 0) is 11.2 Å². The molecule has 0 bridgehead atoms. The van der Waals surface area contributed by atoms with Crippen LogP contribution < -0.4 is 10.2 Å². The average Bonchev–Trinajstić information content (AvgIpc) is 2.47. The van der Waals surface area contributed by atoms with Crippen molar-refractivity contribution in [3.63, 3.8) is 0 Å². The smallest absolute Gasteiger partial charge is 0.227 e. The van der Waals surface area contributed by atoms with Crippen molar-refractivity contribution in [2.45, 2.75) is 32.1 Å². The lowest BCUT2D eigenvalue weighted by Crippen LogP contribution is -2.37. The van der Waals surface area contributed by atoms with Crippen molar-refractivity contribution in [2.24, 2.45) is 5.92 Å². The van der Waals surface area contributed by atoms with Crippen LogP contribution in [0.1, 0.15) is 31.2 Å². The van der Waals surface area contributed by atoms with Gasteiger partial charge in [-0.1, -0.05) is 18.2 Å². The molecule has 2 aliphatic rings. The average molecular weight is 258 g/mol. The quantitative estimate of drug-likeness (QED) is 0.902. The number of anilines is 1. The molecule has 0 unspecified atom stereocenters. The molecule has 1 saturated heterocycles. The molecule has 1 amide bonds. The second kappa shape index (κ2) is 5.74. The van der Waals surface area contributed by atoms with Crippen molar-refractivity contribution < 1.29 is 4.79 Å². The molecule has 2 heterocycles. The number of piperidine rings is 1. The normalized spacial score (nSPS) is 20.4. The van der Waals surface area contributed by atoms with E-state index in [-0.39, 0.29) is 0 Å². The largest absolute Gasteiger partial charge is 0.317 e. The minimum absolute atomic E-state index is 0.299. The van der Waals surface area contributed by atoms with E-state index >= 15 is 0 Å². The number of nitrogens with one attached hydrogen (secondary N) is 1. The fraction of sp³-hybridized carbons (Fsp3) is 0.562. The molecule has 2 aliphatic heterocycles. The van der Waals surface area contributed by atoms with Crippen molar-refractivity contribution in [2.75, 3.05) is 24.5 Å². The zero-order valence-corrected chi connectivity index (χ0v) is 11.4. The predicted octanol–water partition coefficient (Wildman–Crippen LogP) is 2.36. The third-order valence-electron chi connectivity index (χ3n) is 4.41. The van der Waals surface area contributed by atoms with Crippen LogP contribution in [0.15, 0.2) is 24.3 Å². The van der Waals surface area contributed by atoms with Gasteiger partial charge >= 0.3 is 0 Å². The Balaban J connectivity index is 1.67. The Labute approximate surface area is 115 Å². The zero-order chi connectivity index (χ0) is 13.1. The molecule has 19 heavy (non-hydrogen) atoms. The molecule has 0 saturated carbocycles. The van der Waals surface area contributed by atoms with E-state index in [1.807, 2.05) is 11.0 Å². The fourth-order valence-electron chi connectivity index (χ4n) is 3.22. The van der Waals surface area contributed by atoms with Crippen LogP contribution in [-0.4, -0.2) is 25.5 Å². The molecule has 1 N–H and O–H groups in total. The van der Waals surface area contributed by atoms with Crippen molar-refractivity contribution >= 4 is 11.6 Å². The number of amides is 1. The van der Waals surface area contributed by atoms with Crippen LogP contribution in [0.4, 0.5) is 5.69 Å². The molecule has 3 heteroatoms. The summed E-state index contributed by atoms with van der Waals surface area (Å²) in [6, 6.07) is 8.35. The molecule has 1 aromatic rings. The van der Waals surface area contributed by atoms with Gasteiger partial charge in [-0.15, -0.1) is 0 Å². The van der Waals surface area contributed by atoms with Gasteiger partial charge in [0.25, 0.3) is 0 Å². The van der Waals surface area contributed by atoms with E-state index in [9.17, 15) is 4.79 Å². The van der Waals surface area contributed by atoms with Gasteiger partial charge < -0.3 is 10.2 Å². The van der Waals surface area contributed by atoms with Gasteiger partial charge in [-0.25, -0.2) is 0 Å². The second-order valence-electron chi connectivity index (χ2n) is 5.66. The fourth-order valence-corrected chi connectivity index (χ4v) is 3.22. The predicted molar refractivity (Wildman–Crippen MR) is 77.3 cm³/mol. The Hall–Kier alpha value is -1.35. The molecular formula is C16H22N2O. The van der Waals surface area contributed by atoms with Crippen LogP contribution in [0.3, 0.4) is 0 Å². The number of nitrogens with zero attached hydrogens (tertiary/aromatic N) is 1. The van der Waals surface area contributed by atoms with Crippen molar-refractivity contribution in [3.8, 4) is 0 Å². The standard InChI is InChI=1S/C16H22N2O/c19-16-6-5-14-3-1-2-4-15(14)18(16)12-9-13-7-10-17-11-8-13/h1-4,13,17H,5-12H2. The van der Waals surface area contributed by atoms with Crippen LogP contribution in [0.25, 0.3) is 0 Å². The van der Waals surface area contributed by atoms with E-state index in [4.69, 9.17) is 0 Å². The topological polar surface area (TPSA) is 32.3 Å². The highest BCUT2D eigenvalue weighted by Gasteiger charge is 2.24. The first-order chi connectivity index (χ1) is 9.34. The highest BCUT2D eigenvalue weighted by atomic mass is 16.2. The first-order valence-electron chi connectivity index (χ1n) is 7.43. The van der Waals surface area contributed by atoms with Gasteiger partial charge in [0.2, 0.25) is 5.91 Å². The molecule has 102 valence electrons. The number of hydrogen-bond donors (Lipinski definition) is 1. The number of carbonyl (C=O) groups excluding carboxylic acids is 1. The Kier molecular flexibility index (Phi) is 3.83. The molecule has 3 rings (SSSR count). The second-order valence-corrected chi connectivity index (χ2v) is 5.66. The maximum absolute atomic E-state index is 12.1. The van der Waals surface area contributed by atoms with Crippen LogP contribution >= 0.6 is 0 Å². The van der Waals surface area contributed by atoms with Crippen LogP contribution in [0.5, 0.6) is 0 Å². The minimum atomic E-state index is 0.299. The van der Waals surface area contributed by atoms with Gasteiger partial charge in [0.1, 0.15) is 0 Å². The van der Waals surface area contributed by atoms with Gasteiger partial charge in [0.05, 0.1) is 0 Å². The summed E-state index contributed by atoms with van der Waals surface area (Å²) < 4.78 is 0. The lowest BCUT2D eigenvalue weighted by molar-refractivity contribution is -0.118. The maximum atomic E-state index is 12.1. The number of fused-ring (bicyclic) bond motifs is 1. The Morgan fingerprint density at radius 1 is 1.16 bits per heavy atom. The van der Waals surface area contributed by atoms with Crippen LogP contribution in [0.2, 0.25) is 0 Å². The summed E-state index contributed by atoms with van der Waals surface area (Å²) in [6.45, 7) is 3.16. The lowest BCUT2D eigenvalue weighted by Gasteiger charge is -2.31.